The lowest BCUT2D eigenvalue weighted by molar-refractivity contribution is -0.106. The Balaban J connectivity index is 0.000000416. The molecular formula is C57H84N8O19. The normalized spacial score (nSPS) is 19.1. The summed E-state index contributed by atoms with van der Waals surface area (Å²) >= 11 is 0. The van der Waals surface area contributed by atoms with Crippen molar-refractivity contribution in [1.29, 1.82) is 0 Å². The molecule has 0 amide bonds. The molecule has 0 spiro atoms. The highest BCUT2D eigenvalue weighted by atomic mass is 16.6. The second-order valence-corrected chi connectivity index (χ2v) is 18.6. The van der Waals surface area contributed by atoms with E-state index in [0.717, 1.165) is 6.29 Å². The number of ether oxygens (including phenoxy) is 8. The van der Waals surface area contributed by atoms with E-state index in [4.69, 9.17) is 42.7 Å². The first kappa shape index (κ1) is 71.9. The summed E-state index contributed by atoms with van der Waals surface area (Å²) in [7, 11) is 0. The van der Waals surface area contributed by atoms with E-state index in [0.29, 0.717) is 181 Å². The monoisotopic (exact) mass is 1180 g/mol. The molecule has 466 valence electrons. The fourth-order valence-corrected chi connectivity index (χ4v) is 7.98. The summed E-state index contributed by atoms with van der Waals surface area (Å²) < 4.78 is 46.3. The van der Waals surface area contributed by atoms with Gasteiger partial charge in [-0.3, -0.25) is 19.6 Å². The smallest absolute Gasteiger partial charge is 0.354 e. The number of hydrogen-bond donors (Lipinski definition) is 6. The summed E-state index contributed by atoms with van der Waals surface area (Å²) in [6, 6.07) is 19.6. The second kappa shape index (κ2) is 43.3. The number of aldehydes is 1. The second-order valence-electron chi connectivity index (χ2n) is 18.6. The number of carbonyl (C=O) groups excluding carboxylic acids is 1. The van der Waals surface area contributed by atoms with Crippen molar-refractivity contribution in [2.75, 3.05) is 158 Å². The Hall–Kier alpha value is -6.41. The summed E-state index contributed by atoms with van der Waals surface area (Å²) in [6.45, 7) is 12.4. The number of aliphatic hydroxyl groups excluding tert-OH is 2. The molecule has 0 unspecified atom stereocenters. The third-order valence-corrected chi connectivity index (χ3v) is 12.2. The van der Waals surface area contributed by atoms with Gasteiger partial charge in [0.2, 0.25) is 0 Å². The van der Waals surface area contributed by atoms with Crippen molar-refractivity contribution in [1.82, 2.24) is 39.5 Å². The number of hydrogen-bond acceptors (Lipinski definition) is 23. The minimum atomic E-state index is -1.08. The molecule has 0 radical (unpaired) electrons. The molecule has 0 aliphatic carbocycles. The fourth-order valence-electron chi connectivity index (χ4n) is 7.98. The minimum absolute atomic E-state index is 0. The molecule has 6 N–H and O–H groups in total. The van der Waals surface area contributed by atoms with Crippen LogP contribution in [-0.4, -0.2) is 271 Å². The molecular weight excluding hydrogens is 1100 g/mol. The molecule has 27 nitrogen and oxygen atoms in total. The van der Waals surface area contributed by atoms with E-state index < -0.39 is 36.1 Å². The maximum atomic E-state index is 11.3. The van der Waals surface area contributed by atoms with E-state index >= 15 is 0 Å². The molecule has 0 aromatic carbocycles. The molecule has 2 saturated heterocycles. The van der Waals surface area contributed by atoms with E-state index in [9.17, 15) is 49.8 Å². The van der Waals surface area contributed by atoms with Gasteiger partial charge < -0.3 is 73.3 Å². The highest BCUT2D eigenvalue weighted by Gasteiger charge is 2.18. The van der Waals surface area contributed by atoms with Crippen molar-refractivity contribution >= 4 is 30.2 Å². The number of aromatic nitrogens is 4. The third kappa shape index (κ3) is 30.4. The Kier molecular flexibility index (Phi) is 37.0. The number of aliphatic hydroxyl groups is 2. The van der Waals surface area contributed by atoms with Crippen LogP contribution in [0, 0.1) is 0 Å². The largest absolute Gasteiger partial charge is 0.477 e. The molecule has 2 aliphatic heterocycles. The number of nitrogens with zero attached hydrogens (tertiary/aromatic N) is 8. The Labute approximate surface area is 490 Å². The van der Waals surface area contributed by atoms with Gasteiger partial charge in [-0.2, -0.15) is 0 Å². The first-order valence-electron chi connectivity index (χ1n) is 27.3. The molecule has 2 atom stereocenters. The number of carbonyl (C=O) groups is 5. The maximum Gasteiger partial charge on any atom is 0.354 e. The van der Waals surface area contributed by atoms with Crippen LogP contribution >= 0.6 is 0 Å². The molecule has 4 aromatic heterocycles. The van der Waals surface area contributed by atoms with E-state index in [1.54, 1.807) is 48.5 Å². The number of rotatable bonds is 14. The first-order valence-corrected chi connectivity index (χ1v) is 27.3. The van der Waals surface area contributed by atoms with Crippen molar-refractivity contribution in [2.24, 2.45) is 0 Å². The van der Waals surface area contributed by atoms with Gasteiger partial charge in [0.1, 0.15) is 41.3 Å². The van der Waals surface area contributed by atoms with Crippen molar-refractivity contribution in [3.05, 3.63) is 118 Å². The van der Waals surface area contributed by atoms with E-state index in [-0.39, 0.29) is 56.6 Å². The lowest BCUT2D eigenvalue weighted by Crippen LogP contribution is -2.35. The highest BCUT2D eigenvalue weighted by molar-refractivity contribution is 5.86. The van der Waals surface area contributed by atoms with Crippen molar-refractivity contribution in [2.45, 2.75) is 52.7 Å². The highest BCUT2D eigenvalue weighted by Crippen LogP contribution is 2.11. The average molecular weight is 1190 g/mol. The van der Waals surface area contributed by atoms with Crippen LogP contribution in [0.4, 0.5) is 0 Å². The topological polar surface area (TPSA) is 345 Å². The summed E-state index contributed by atoms with van der Waals surface area (Å²) in [6.07, 6.45) is -0.257. The number of aromatic carboxylic acids is 4. The lowest BCUT2D eigenvalue weighted by atomic mass is 10.3. The molecule has 2 fully saturated rings. The Morgan fingerprint density at radius 1 is 0.417 bits per heavy atom. The van der Waals surface area contributed by atoms with Crippen LogP contribution in [0.5, 0.6) is 0 Å². The Morgan fingerprint density at radius 3 is 0.869 bits per heavy atom. The minimum Gasteiger partial charge on any atom is -0.477 e. The quantitative estimate of drug-likeness (QED) is 0.0984. The van der Waals surface area contributed by atoms with E-state index in [2.05, 4.69) is 39.5 Å². The van der Waals surface area contributed by atoms with Gasteiger partial charge in [0.05, 0.1) is 128 Å². The molecule has 4 aromatic rings. The average Bonchev–Trinajstić information content (AvgIpc) is 3.61. The van der Waals surface area contributed by atoms with Crippen molar-refractivity contribution in [3.63, 3.8) is 0 Å². The molecule has 2 aliphatic rings. The van der Waals surface area contributed by atoms with Crippen LogP contribution < -0.4 is 0 Å². The van der Waals surface area contributed by atoms with Crippen molar-refractivity contribution in [3.8, 4) is 0 Å². The van der Waals surface area contributed by atoms with Crippen LogP contribution in [0.15, 0.2) is 72.8 Å². The predicted octanol–water partition coefficient (Wildman–Crippen LogP) is 2.08. The molecule has 0 bridgehead atoms. The van der Waals surface area contributed by atoms with Crippen LogP contribution in [0.2, 0.25) is 0 Å². The number of carboxylic acids is 4. The summed E-state index contributed by atoms with van der Waals surface area (Å²) in [4.78, 5) is 79.0. The zero-order valence-electron chi connectivity index (χ0n) is 47.0. The lowest BCUT2D eigenvalue weighted by Gasteiger charge is -2.25. The van der Waals surface area contributed by atoms with Gasteiger partial charge in [-0.05, 0) is 55.5 Å². The van der Waals surface area contributed by atoms with Gasteiger partial charge >= 0.3 is 23.9 Å². The standard InChI is InChI=1S/2C27H38N4O9.C2H4O.CH4/c2*32-19-23-20-39-13-9-30(17-21-3-1-5-24(28-21)26(33)34)7-11-37-15-16-38-12-8-31(10-14-40-23)18-22-4-2-6-25(29-22)27(35)36;1-2-3;/h2*1-6,23,32H,7-20H2,(H,33,34)(H,35,36);2H,1H3;1H4/t2*23-;;/m00../s1. The van der Waals surface area contributed by atoms with E-state index in [1.165, 1.54) is 31.2 Å². The molecule has 6 rings (SSSR count). The molecule has 27 heteroatoms. The maximum absolute atomic E-state index is 11.3. The zero-order chi connectivity index (χ0) is 59.9. The van der Waals surface area contributed by atoms with Crippen molar-refractivity contribution < 1.29 is 92.5 Å². The summed E-state index contributed by atoms with van der Waals surface area (Å²) in [5, 5.41) is 56.4. The fraction of sp³-hybridized carbons (Fsp3) is 0.561. The van der Waals surface area contributed by atoms with Crippen LogP contribution in [0.1, 0.15) is 79.1 Å². The zero-order valence-corrected chi connectivity index (χ0v) is 47.0. The van der Waals surface area contributed by atoms with E-state index in [1.807, 2.05) is 0 Å². The summed E-state index contributed by atoms with van der Waals surface area (Å²) in [5.41, 5.74) is 2.50. The molecule has 6 heterocycles. The van der Waals surface area contributed by atoms with Gasteiger partial charge in [-0.15, -0.1) is 0 Å². The Bertz CT molecular complexity index is 2340. The van der Waals surface area contributed by atoms with Gasteiger partial charge in [-0.25, -0.2) is 39.1 Å². The Morgan fingerprint density at radius 2 is 0.643 bits per heavy atom. The summed E-state index contributed by atoms with van der Waals surface area (Å²) in [5.74, 6) is -4.30. The van der Waals surface area contributed by atoms with Gasteiger partial charge in [0.25, 0.3) is 0 Å². The SMILES string of the molecule is C.CC=O.O=C(O)c1cccc(CN2CCOCCOCCN(Cc3cccc(C(=O)O)n3)CCO[C@@H](CO)COCC2)n1.O=C(O)c1cccc(CN2CCOCCOCCN(Cc3cccc(C(=O)O)n3)CCO[C@@H](CO)COCC2)n1. The van der Waals surface area contributed by atoms with Gasteiger partial charge in [0.15, 0.2) is 0 Å². The van der Waals surface area contributed by atoms with Crippen LogP contribution in [0.25, 0.3) is 0 Å². The molecule has 0 saturated carbocycles. The van der Waals surface area contributed by atoms with Gasteiger partial charge in [-0.1, -0.05) is 31.7 Å². The third-order valence-electron chi connectivity index (χ3n) is 12.2. The number of pyridine rings is 4. The predicted molar refractivity (Wildman–Crippen MR) is 303 cm³/mol. The van der Waals surface area contributed by atoms with Crippen LogP contribution in [0.3, 0.4) is 0 Å². The molecule has 84 heavy (non-hydrogen) atoms. The number of carboxylic acid groups (broad SMARTS) is 4. The first-order chi connectivity index (χ1) is 40.3. The van der Waals surface area contributed by atoms with Crippen LogP contribution in [-0.2, 0) is 68.9 Å². The van der Waals surface area contributed by atoms with Gasteiger partial charge in [0, 0.05) is 78.5 Å².